The van der Waals surface area contributed by atoms with Crippen molar-refractivity contribution in [2.24, 2.45) is 11.8 Å². The molecule has 0 aromatic heterocycles. The van der Waals surface area contributed by atoms with Gasteiger partial charge < -0.3 is 14.7 Å². The van der Waals surface area contributed by atoms with E-state index in [9.17, 15) is 5.11 Å². The second-order valence-electron chi connectivity index (χ2n) is 5.82. The predicted molar refractivity (Wildman–Crippen MR) is 69.0 cm³/mol. The summed E-state index contributed by atoms with van der Waals surface area (Å²) < 4.78 is 5.40. The fourth-order valence-corrected chi connectivity index (χ4v) is 3.40. The van der Waals surface area contributed by atoms with E-state index < -0.39 is 0 Å². The van der Waals surface area contributed by atoms with Crippen LogP contribution in [0.1, 0.15) is 39.0 Å². The number of nitrogens with zero attached hydrogens (tertiary/aromatic N) is 1. The Morgan fingerprint density at radius 3 is 2.76 bits per heavy atom. The first-order valence-corrected chi connectivity index (χ1v) is 7.16. The first-order chi connectivity index (χ1) is 8.22. The highest BCUT2D eigenvalue weighted by Crippen LogP contribution is 2.32. The van der Waals surface area contributed by atoms with E-state index in [-0.39, 0.29) is 6.10 Å². The molecule has 1 saturated carbocycles. The van der Waals surface area contributed by atoms with Crippen LogP contribution in [0.15, 0.2) is 0 Å². The smallest absolute Gasteiger partial charge is 0.0710 e. The fraction of sp³-hybridized carbons (Fsp3) is 1.00. The lowest BCUT2D eigenvalue weighted by atomic mass is 9.78. The van der Waals surface area contributed by atoms with Gasteiger partial charge in [-0.1, -0.05) is 13.3 Å². The van der Waals surface area contributed by atoms with Crippen LogP contribution in [-0.2, 0) is 4.74 Å². The van der Waals surface area contributed by atoms with Crippen LogP contribution in [-0.4, -0.2) is 49.0 Å². The molecule has 2 aliphatic rings. The van der Waals surface area contributed by atoms with E-state index in [1.165, 1.54) is 19.3 Å². The molecule has 0 bridgehead atoms. The third-order valence-corrected chi connectivity index (χ3v) is 4.68. The van der Waals surface area contributed by atoms with Gasteiger partial charge in [-0.05, 0) is 37.5 Å². The molecule has 1 N–H and O–H groups in total. The maximum Gasteiger partial charge on any atom is 0.0710 e. The van der Waals surface area contributed by atoms with Crippen LogP contribution >= 0.6 is 0 Å². The third-order valence-electron chi connectivity index (χ3n) is 4.68. The van der Waals surface area contributed by atoms with Crippen molar-refractivity contribution in [3.05, 3.63) is 0 Å². The Morgan fingerprint density at radius 1 is 1.29 bits per heavy atom. The second-order valence-corrected chi connectivity index (χ2v) is 5.82. The topological polar surface area (TPSA) is 32.7 Å². The van der Waals surface area contributed by atoms with E-state index in [0.717, 1.165) is 38.4 Å². The van der Waals surface area contributed by atoms with E-state index in [0.29, 0.717) is 12.0 Å². The average molecular weight is 241 g/mol. The Bertz CT molecular complexity index is 234. The highest BCUT2D eigenvalue weighted by atomic mass is 16.5. The normalized spacial score (nSPS) is 39.7. The van der Waals surface area contributed by atoms with Crippen molar-refractivity contribution in [1.29, 1.82) is 0 Å². The van der Waals surface area contributed by atoms with E-state index in [1.54, 1.807) is 7.11 Å². The Morgan fingerprint density at radius 2 is 2.12 bits per heavy atom. The monoisotopic (exact) mass is 241 g/mol. The minimum Gasteiger partial charge on any atom is -0.393 e. The molecule has 1 aliphatic heterocycles. The van der Waals surface area contributed by atoms with E-state index in [2.05, 4.69) is 11.8 Å². The zero-order chi connectivity index (χ0) is 12.3. The van der Waals surface area contributed by atoms with Crippen LogP contribution < -0.4 is 0 Å². The molecule has 100 valence electrons. The van der Waals surface area contributed by atoms with Crippen LogP contribution in [0.4, 0.5) is 0 Å². The number of hydrogen-bond acceptors (Lipinski definition) is 3. The van der Waals surface area contributed by atoms with Crippen molar-refractivity contribution in [3.8, 4) is 0 Å². The summed E-state index contributed by atoms with van der Waals surface area (Å²) in [6.07, 6.45) is 6.20. The van der Waals surface area contributed by atoms with Gasteiger partial charge in [0.1, 0.15) is 0 Å². The molecule has 0 aromatic rings. The van der Waals surface area contributed by atoms with Gasteiger partial charge in [0.15, 0.2) is 0 Å². The quantitative estimate of drug-likeness (QED) is 0.816. The lowest BCUT2D eigenvalue weighted by Crippen LogP contribution is -2.38. The van der Waals surface area contributed by atoms with Crippen LogP contribution in [0.25, 0.3) is 0 Å². The van der Waals surface area contributed by atoms with Gasteiger partial charge in [-0.3, -0.25) is 0 Å². The van der Waals surface area contributed by atoms with Gasteiger partial charge in [-0.2, -0.15) is 0 Å². The lowest BCUT2D eigenvalue weighted by Gasteiger charge is -2.35. The van der Waals surface area contributed by atoms with Crippen molar-refractivity contribution in [1.82, 2.24) is 4.90 Å². The molecule has 1 aliphatic carbocycles. The minimum absolute atomic E-state index is 0.0700. The minimum atomic E-state index is -0.0700. The van der Waals surface area contributed by atoms with Crippen LogP contribution in [0.3, 0.4) is 0 Å². The Hall–Kier alpha value is -0.120. The predicted octanol–water partition coefficient (Wildman–Crippen LogP) is 1.89. The summed E-state index contributed by atoms with van der Waals surface area (Å²) in [5.74, 6) is 1.33. The van der Waals surface area contributed by atoms with Gasteiger partial charge in [0, 0.05) is 26.7 Å². The number of rotatable bonds is 4. The summed E-state index contributed by atoms with van der Waals surface area (Å²) >= 11 is 0. The first kappa shape index (κ1) is 13.3. The Kier molecular flexibility index (Phi) is 4.83. The molecule has 4 unspecified atom stereocenters. The molecule has 0 amide bonds. The fourth-order valence-electron chi connectivity index (χ4n) is 3.40. The maximum atomic E-state index is 10.1. The highest BCUT2D eigenvalue weighted by Gasteiger charge is 2.31. The van der Waals surface area contributed by atoms with E-state index in [4.69, 9.17) is 4.74 Å². The van der Waals surface area contributed by atoms with Crippen molar-refractivity contribution in [2.45, 2.75) is 51.2 Å². The third kappa shape index (κ3) is 3.43. The molecular weight excluding hydrogens is 214 g/mol. The van der Waals surface area contributed by atoms with Crippen LogP contribution in [0.5, 0.6) is 0 Å². The summed E-state index contributed by atoms with van der Waals surface area (Å²) in [5, 5.41) is 10.1. The van der Waals surface area contributed by atoms with Gasteiger partial charge in [0.25, 0.3) is 0 Å². The molecule has 2 fully saturated rings. The van der Waals surface area contributed by atoms with Crippen molar-refractivity contribution in [3.63, 3.8) is 0 Å². The number of likely N-dealkylation sites (tertiary alicyclic amines) is 1. The molecule has 0 spiro atoms. The highest BCUT2D eigenvalue weighted by molar-refractivity contribution is 4.84. The number of ether oxygens (including phenoxy) is 1. The van der Waals surface area contributed by atoms with Crippen molar-refractivity contribution in [2.75, 3.05) is 26.7 Å². The van der Waals surface area contributed by atoms with Crippen LogP contribution in [0, 0.1) is 11.8 Å². The van der Waals surface area contributed by atoms with E-state index >= 15 is 0 Å². The maximum absolute atomic E-state index is 10.1. The summed E-state index contributed by atoms with van der Waals surface area (Å²) in [6.45, 7) is 5.53. The van der Waals surface area contributed by atoms with Crippen molar-refractivity contribution < 1.29 is 9.84 Å². The summed E-state index contributed by atoms with van der Waals surface area (Å²) in [5.41, 5.74) is 0. The SMILES string of the molecule is CCC1CCC(O)C(CN2CCC(OC)C2)C1. The zero-order valence-corrected chi connectivity index (χ0v) is 11.3. The molecule has 1 heterocycles. The number of methoxy groups -OCH3 is 1. The van der Waals surface area contributed by atoms with Crippen molar-refractivity contribution >= 4 is 0 Å². The zero-order valence-electron chi connectivity index (χ0n) is 11.3. The second kappa shape index (κ2) is 6.17. The standard InChI is InChI=1S/C14H27NO2/c1-3-11-4-5-14(16)12(8-11)9-15-7-6-13(10-15)17-2/h11-14,16H,3-10H2,1-2H3. The number of aliphatic hydroxyl groups excluding tert-OH is 1. The molecule has 4 atom stereocenters. The average Bonchev–Trinajstić information content (AvgIpc) is 2.80. The van der Waals surface area contributed by atoms with Crippen LogP contribution in [0.2, 0.25) is 0 Å². The van der Waals surface area contributed by atoms with Gasteiger partial charge in [-0.25, -0.2) is 0 Å². The summed E-state index contributed by atoms with van der Waals surface area (Å²) in [7, 11) is 1.80. The summed E-state index contributed by atoms with van der Waals surface area (Å²) in [6, 6.07) is 0. The van der Waals surface area contributed by atoms with Gasteiger partial charge in [0.05, 0.1) is 12.2 Å². The Balaban J connectivity index is 1.80. The summed E-state index contributed by atoms with van der Waals surface area (Å²) in [4.78, 5) is 2.47. The van der Waals surface area contributed by atoms with E-state index in [1.807, 2.05) is 0 Å². The molecule has 3 nitrogen and oxygen atoms in total. The number of hydrogen-bond donors (Lipinski definition) is 1. The molecule has 17 heavy (non-hydrogen) atoms. The molecule has 1 saturated heterocycles. The van der Waals surface area contributed by atoms with Gasteiger partial charge in [0.2, 0.25) is 0 Å². The molecular formula is C14H27NO2. The molecule has 0 radical (unpaired) electrons. The molecule has 3 heteroatoms. The Labute approximate surface area is 105 Å². The molecule has 2 rings (SSSR count). The van der Waals surface area contributed by atoms with Gasteiger partial charge in [-0.15, -0.1) is 0 Å². The molecule has 0 aromatic carbocycles. The van der Waals surface area contributed by atoms with Gasteiger partial charge >= 0.3 is 0 Å². The largest absolute Gasteiger partial charge is 0.393 e. The number of aliphatic hydroxyl groups is 1. The first-order valence-electron chi connectivity index (χ1n) is 7.16. The lowest BCUT2D eigenvalue weighted by molar-refractivity contribution is 0.0269.